The van der Waals surface area contributed by atoms with Gasteiger partial charge in [-0.05, 0) is 42.7 Å². The largest absolute Gasteiger partial charge is 0.370 e. The van der Waals surface area contributed by atoms with Crippen molar-refractivity contribution in [1.29, 1.82) is 0 Å². The third-order valence-electron chi connectivity index (χ3n) is 4.38. The first-order valence-corrected chi connectivity index (χ1v) is 9.81. The molecule has 9 heteroatoms. The number of primary amides is 1. The molecule has 6 nitrogen and oxygen atoms in total. The van der Waals surface area contributed by atoms with Gasteiger partial charge in [-0.15, -0.1) is 0 Å². The van der Waals surface area contributed by atoms with E-state index in [9.17, 15) is 4.79 Å². The predicted octanol–water partition coefficient (Wildman–Crippen LogP) is 4.75. The van der Waals surface area contributed by atoms with Gasteiger partial charge >= 0.3 is 0 Å². The number of rotatable bonds is 6. The van der Waals surface area contributed by atoms with Gasteiger partial charge < -0.3 is 16.8 Å². The fourth-order valence-electron chi connectivity index (χ4n) is 2.82. The Hall–Kier alpha value is -2.54. The minimum atomic E-state index is -0.448. The fourth-order valence-corrected chi connectivity index (χ4v) is 3.47. The molecular weight excluding hydrogens is 433 g/mol. The normalized spacial score (nSPS) is 10.8. The number of halogens is 3. The number of hydrogen-bond acceptors (Lipinski definition) is 5. The van der Waals surface area contributed by atoms with Crippen LogP contribution in [-0.2, 0) is 6.42 Å². The molecule has 150 valence electrons. The molecule has 3 rings (SSSR count). The summed E-state index contributed by atoms with van der Waals surface area (Å²) in [5.41, 5.74) is 14.7. The molecule has 0 aliphatic carbocycles. The fraction of sp³-hybridized carbons (Fsp3) is 0.150. The van der Waals surface area contributed by atoms with Crippen molar-refractivity contribution in [3.63, 3.8) is 0 Å². The van der Waals surface area contributed by atoms with E-state index >= 15 is 0 Å². The van der Waals surface area contributed by atoms with Gasteiger partial charge in [0.15, 0.2) is 0 Å². The lowest BCUT2D eigenvalue weighted by atomic mass is 10.1. The molecule has 2 aromatic carbocycles. The first kappa shape index (κ1) is 21.2. The van der Waals surface area contributed by atoms with Gasteiger partial charge in [-0.25, -0.2) is 4.98 Å². The highest BCUT2D eigenvalue weighted by Crippen LogP contribution is 2.38. The van der Waals surface area contributed by atoms with Crippen LogP contribution in [0.1, 0.15) is 21.5 Å². The second-order valence-electron chi connectivity index (χ2n) is 6.39. The van der Waals surface area contributed by atoms with Gasteiger partial charge in [-0.3, -0.25) is 4.79 Å². The Morgan fingerprint density at radius 3 is 2.41 bits per heavy atom. The van der Waals surface area contributed by atoms with Crippen LogP contribution >= 0.6 is 34.8 Å². The van der Waals surface area contributed by atoms with Crippen molar-refractivity contribution in [1.82, 2.24) is 9.97 Å². The number of hydrogen-bond donors (Lipinski definition) is 3. The van der Waals surface area contributed by atoms with Gasteiger partial charge in [0, 0.05) is 23.7 Å². The molecule has 1 heterocycles. The molecule has 0 unspecified atom stereocenters. The molecular formula is C20H18Cl3N5O. The maximum absolute atomic E-state index is 11.1. The predicted molar refractivity (Wildman–Crippen MR) is 119 cm³/mol. The lowest BCUT2D eigenvalue weighted by Gasteiger charge is -2.13. The van der Waals surface area contributed by atoms with Gasteiger partial charge in [-0.2, -0.15) is 4.98 Å². The zero-order chi connectivity index (χ0) is 21.1. The van der Waals surface area contributed by atoms with Crippen LogP contribution in [0.2, 0.25) is 15.1 Å². The highest BCUT2D eigenvalue weighted by atomic mass is 35.5. The van der Waals surface area contributed by atoms with Gasteiger partial charge in [0.25, 0.3) is 0 Å². The summed E-state index contributed by atoms with van der Waals surface area (Å²) in [5.74, 6) is 0.247. The summed E-state index contributed by atoms with van der Waals surface area (Å²) >= 11 is 18.5. The zero-order valence-corrected chi connectivity index (χ0v) is 17.7. The molecule has 0 aliphatic rings. The molecule has 0 fully saturated rings. The van der Waals surface area contributed by atoms with Gasteiger partial charge in [0.2, 0.25) is 11.9 Å². The zero-order valence-electron chi connectivity index (χ0n) is 15.5. The summed E-state index contributed by atoms with van der Waals surface area (Å²) in [7, 11) is 0. The van der Waals surface area contributed by atoms with Crippen molar-refractivity contribution in [2.75, 3.05) is 17.6 Å². The number of nitrogens with one attached hydrogen (secondary N) is 1. The molecule has 0 bridgehead atoms. The monoisotopic (exact) mass is 449 g/mol. The average Bonchev–Trinajstić information content (AvgIpc) is 2.69. The van der Waals surface area contributed by atoms with E-state index in [0.29, 0.717) is 38.7 Å². The highest BCUT2D eigenvalue weighted by Gasteiger charge is 2.15. The Kier molecular flexibility index (Phi) is 6.47. The summed E-state index contributed by atoms with van der Waals surface area (Å²) in [4.78, 5) is 19.7. The Labute approximate surface area is 183 Å². The molecule has 0 atom stereocenters. The molecule has 0 spiro atoms. The second kappa shape index (κ2) is 8.86. The van der Waals surface area contributed by atoms with E-state index < -0.39 is 5.91 Å². The van der Waals surface area contributed by atoms with Crippen LogP contribution in [0, 0.1) is 6.92 Å². The van der Waals surface area contributed by atoms with Crippen LogP contribution in [0.5, 0.6) is 0 Å². The number of nitrogens with two attached hydrogens (primary N) is 2. The van der Waals surface area contributed by atoms with E-state index in [2.05, 4.69) is 15.3 Å². The van der Waals surface area contributed by atoms with Crippen molar-refractivity contribution in [2.24, 2.45) is 5.73 Å². The van der Waals surface area contributed by atoms with Crippen LogP contribution in [0.4, 0.5) is 11.8 Å². The van der Waals surface area contributed by atoms with E-state index in [1.54, 1.807) is 24.3 Å². The van der Waals surface area contributed by atoms with E-state index in [4.69, 9.17) is 46.3 Å². The van der Waals surface area contributed by atoms with Crippen LogP contribution in [-0.4, -0.2) is 22.4 Å². The Balaban J connectivity index is 1.77. The minimum Gasteiger partial charge on any atom is -0.370 e. The standard InChI is InChI=1S/C20H18Cl3N5O/c1-10-13(8-14(21)18(23)17(10)22)15-9-16(28-20(25)27-15)26-7-6-11-2-4-12(5-3-11)19(24)29/h2-5,8-9H,6-7H2,1H3,(H2,24,29)(H3,25,26,27,28). The van der Waals surface area contributed by atoms with Crippen LogP contribution in [0.15, 0.2) is 36.4 Å². The van der Waals surface area contributed by atoms with Crippen LogP contribution < -0.4 is 16.8 Å². The van der Waals surface area contributed by atoms with Crippen molar-refractivity contribution < 1.29 is 4.79 Å². The molecule has 29 heavy (non-hydrogen) atoms. The van der Waals surface area contributed by atoms with Gasteiger partial charge in [-0.1, -0.05) is 46.9 Å². The number of carbonyl (C=O) groups excluding carboxylic acids is 1. The molecule has 0 saturated carbocycles. The van der Waals surface area contributed by atoms with E-state index in [1.165, 1.54) is 0 Å². The summed E-state index contributed by atoms with van der Waals surface area (Å²) < 4.78 is 0. The van der Waals surface area contributed by atoms with E-state index in [-0.39, 0.29) is 5.95 Å². The SMILES string of the molecule is Cc1c(-c2cc(NCCc3ccc(C(N)=O)cc3)nc(N)n2)cc(Cl)c(Cl)c1Cl. The third-order valence-corrected chi connectivity index (χ3v) is 5.74. The van der Waals surface area contributed by atoms with Gasteiger partial charge in [0.1, 0.15) is 5.82 Å². The molecule has 0 saturated heterocycles. The van der Waals surface area contributed by atoms with Crippen molar-refractivity contribution >= 4 is 52.5 Å². The van der Waals surface area contributed by atoms with Crippen LogP contribution in [0.3, 0.4) is 0 Å². The average molecular weight is 451 g/mol. The number of nitrogen functional groups attached to an aromatic ring is 1. The summed E-state index contributed by atoms with van der Waals surface area (Å²) in [6.07, 6.45) is 0.718. The highest BCUT2D eigenvalue weighted by molar-refractivity contribution is 6.48. The number of carbonyl (C=O) groups is 1. The number of anilines is 2. The topological polar surface area (TPSA) is 107 Å². The second-order valence-corrected chi connectivity index (χ2v) is 7.56. The Bertz CT molecular complexity index is 1070. The van der Waals surface area contributed by atoms with E-state index in [0.717, 1.165) is 23.1 Å². The first-order chi connectivity index (χ1) is 13.8. The number of aromatic nitrogens is 2. The summed E-state index contributed by atoms with van der Waals surface area (Å²) in [6, 6.07) is 10.6. The maximum Gasteiger partial charge on any atom is 0.248 e. The molecule has 0 radical (unpaired) electrons. The van der Waals surface area contributed by atoms with Gasteiger partial charge in [0.05, 0.1) is 20.8 Å². The third kappa shape index (κ3) is 4.90. The van der Waals surface area contributed by atoms with Crippen molar-refractivity contribution in [3.8, 4) is 11.3 Å². The number of benzene rings is 2. The molecule has 3 aromatic rings. The Morgan fingerprint density at radius 2 is 1.76 bits per heavy atom. The molecule has 5 N–H and O–H groups in total. The van der Waals surface area contributed by atoms with Crippen molar-refractivity contribution in [3.05, 3.63) is 68.2 Å². The van der Waals surface area contributed by atoms with Crippen molar-refractivity contribution in [2.45, 2.75) is 13.3 Å². The maximum atomic E-state index is 11.1. The molecule has 1 amide bonds. The lowest BCUT2D eigenvalue weighted by Crippen LogP contribution is -2.11. The molecule has 1 aromatic heterocycles. The molecule has 0 aliphatic heterocycles. The lowest BCUT2D eigenvalue weighted by molar-refractivity contribution is 0.100. The van der Waals surface area contributed by atoms with Crippen LogP contribution in [0.25, 0.3) is 11.3 Å². The summed E-state index contributed by atoms with van der Waals surface area (Å²) in [5, 5.41) is 4.24. The Morgan fingerprint density at radius 1 is 1.07 bits per heavy atom. The quantitative estimate of drug-likeness (QED) is 0.470. The minimum absolute atomic E-state index is 0.123. The van der Waals surface area contributed by atoms with E-state index in [1.807, 2.05) is 19.1 Å². The number of amides is 1. The number of nitrogens with zero attached hydrogens (tertiary/aromatic N) is 2. The summed E-state index contributed by atoms with van der Waals surface area (Å²) in [6.45, 7) is 2.44. The smallest absolute Gasteiger partial charge is 0.248 e. The first-order valence-electron chi connectivity index (χ1n) is 8.68.